The van der Waals surface area contributed by atoms with Gasteiger partial charge in [0.1, 0.15) is 5.56 Å². The van der Waals surface area contributed by atoms with Crippen LogP contribution in [0, 0.1) is 0 Å². The summed E-state index contributed by atoms with van der Waals surface area (Å²) in [4.78, 5) is 31.2. The molecular formula is C25H25ClN4O5. The summed E-state index contributed by atoms with van der Waals surface area (Å²) >= 11 is 6.20. The van der Waals surface area contributed by atoms with Gasteiger partial charge in [0.05, 0.1) is 20.3 Å². The highest BCUT2D eigenvalue weighted by Gasteiger charge is 2.31. The number of nitrogens with one attached hydrogen (secondary N) is 3. The maximum Gasteiger partial charge on any atom is 0.331 e. The number of fused-ring (bicyclic) bond motifs is 3. The summed E-state index contributed by atoms with van der Waals surface area (Å²) in [7, 11) is 3.11. The number of nitrogens with zero attached hydrogens (tertiary/aromatic N) is 1. The van der Waals surface area contributed by atoms with E-state index in [0.29, 0.717) is 29.5 Å². The molecule has 0 bridgehead atoms. The van der Waals surface area contributed by atoms with Crippen molar-refractivity contribution in [3.63, 3.8) is 0 Å². The second kappa shape index (κ2) is 9.16. The molecule has 0 radical (unpaired) electrons. The fraction of sp³-hybridized carbons (Fsp3) is 0.280. The first-order valence-electron chi connectivity index (χ1n) is 11.2. The number of aryl methyl sites for hydroxylation is 1. The summed E-state index contributed by atoms with van der Waals surface area (Å²) in [5, 5.41) is 16.0. The molecule has 0 spiro atoms. The van der Waals surface area contributed by atoms with Crippen LogP contribution in [0.5, 0.6) is 17.4 Å². The normalized spacial score (nSPS) is 15.2. The number of hydrogen-bond acceptors (Lipinski definition) is 6. The third kappa shape index (κ3) is 4.06. The van der Waals surface area contributed by atoms with Crippen LogP contribution in [0.2, 0.25) is 5.02 Å². The van der Waals surface area contributed by atoms with E-state index in [0.717, 1.165) is 34.1 Å². The zero-order valence-corrected chi connectivity index (χ0v) is 20.0. The summed E-state index contributed by atoms with van der Waals surface area (Å²) in [6.45, 7) is 0.757. The lowest BCUT2D eigenvalue weighted by Gasteiger charge is -2.25. The molecule has 4 aromatic rings. The van der Waals surface area contributed by atoms with E-state index in [1.165, 1.54) is 4.57 Å². The number of rotatable bonds is 6. The monoisotopic (exact) mass is 496 g/mol. The molecule has 0 fully saturated rings. The van der Waals surface area contributed by atoms with Crippen LogP contribution >= 0.6 is 11.6 Å². The molecule has 1 aliphatic rings. The lowest BCUT2D eigenvalue weighted by Crippen LogP contribution is -2.39. The van der Waals surface area contributed by atoms with E-state index in [4.69, 9.17) is 21.1 Å². The van der Waals surface area contributed by atoms with Crippen LogP contribution in [-0.4, -0.2) is 40.4 Å². The molecule has 1 aliphatic heterocycles. The minimum atomic E-state index is -0.670. The molecule has 2 aromatic carbocycles. The molecule has 0 aliphatic carbocycles. The van der Waals surface area contributed by atoms with Crippen LogP contribution in [0.4, 0.5) is 0 Å². The topological polar surface area (TPSA) is 121 Å². The molecule has 4 N–H and O–H groups in total. The minimum absolute atomic E-state index is 0.0931. The standard InChI is InChI=1S/C25H25ClN4O5/c1-34-18-6-3-13(11-19(18)35-2)8-10-30-24(32)20(23(31)29-25(30)33)22-21-15(7-9-27-22)16-12-14(26)4-5-17(16)28-21/h3-6,11-12,22,27-28,32H,7-10H2,1-2H3,(H,29,31,33). The number of benzene rings is 2. The van der Waals surface area contributed by atoms with Crippen molar-refractivity contribution in [3.8, 4) is 17.4 Å². The third-order valence-corrected chi connectivity index (χ3v) is 6.72. The molecule has 1 unspecified atom stereocenters. The van der Waals surface area contributed by atoms with Gasteiger partial charge in [0.2, 0.25) is 5.88 Å². The van der Waals surface area contributed by atoms with E-state index in [1.54, 1.807) is 26.4 Å². The van der Waals surface area contributed by atoms with Crippen molar-refractivity contribution in [1.29, 1.82) is 0 Å². The summed E-state index contributed by atoms with van der Waals surface area (Å²) in [5.74, 6) is 0.809. The van der Waals surface area contributed by atoms with Gasteiger partial charge in [-0.15, -0.1) is 0 Å². The van der Waals surface area contributed by atoms with Gasteiger partial charge in [0.25, 0.3) is 5.56 Å². The van der Waals surface area contributed by atoms with Crippen molar-refractivity contribution < 1.29 is 14.6 Å². The number of ether oxygens (including phenoxy) is 2. The third-order valence-electron chi connectivity index (χ3n) is 6.48. The van der Waals surface area contributed by atoms with Crippen LogP contribution in [-0.2, 0) is 19.4 Å². The molecule has 0 saturated carbocycles. The van der Waals surface area contributed by atoms with Crippen molar-refractivity contribution in [2.45, 2.75) is 25.4 Å². The van der Waals surface area contributed by atoms with Crippen molar-refractivity contribution >= 4 is 22.5 Å². The second-order valence-electron chi connectivity index (χ2n) is 8.43. The van der Waals surface area contributed by atoms with E-state index in [9.17, 15) is 14.7 Å². The summed E-state index contributed by atoms with van der Waals surface area (Å²) in [6.07, 6.45) is 1.16. The predicted molar refractivity (Wildman–Crippen MR) is 133 cm³/mol. The maximum absolute atomic E-state index is 12.9. The van der Waals surface area contributed by atoms with E-state index in [-0.39, 0.29) is 18.0 Å². The van der Waals surface area contributed by atoms with Gasteiger partial charge in [-0.2, -0.15) is 0 Å². The lowest BCUT2D eigenvalue weighted by atomic mass is 9.95. The Balaban J connectivity index is 1.53. The van der Waals surface area contributed by atoms with E-state index < -0.39 is 17.3 Å². The fourth-order valence-electron chi connectivity index (χ4n) is 4.77. The van der Waals surface area contributed by atoms with Crippen LogP contribution in [0.3, 0.4) is 0 Å². The highest BCUT2D eigenvalue weighted by Crippen LogP contribution is 2.36. The zero-order valence-electron chi connectivity index (χ0n) is 19.3. The Hall–Kier alpha value is -3.69. The van der Waals surface area contributed by atoms with Crippen molar-refractivity contribution in [2.24, 2.45) is 0 Å². The zero-order chi connectivity index (χ0) is 24.7. The number of aromatic nitrogens is 3. The van der Waals surface area contributed by atoms with Crippen LogP contribution in [0.1, 0.15) is 28.4 Å². The SMILES string of the molecule is COc1ccc(CCn2c(O)c(C3NCCc4c3[nH]c3ccc(Cl)cc43)c(=O)[nH]c2=O)cc1OC. The van der Waals surface area contributed by atoms with Crippen LogP contribution in [0.25, 0.3) is 10.9 Å². The highest BCUT2D eigenvalue weighted by atomic mass is 35.5. The van der Waals surface area contributed by atoms with Gasteiger partial charge in [-0.3, -0.25) is 14.3 Å². The van der Waals surface area contributed by atoms with Crippen molar-refractivity contribution in [1.82, 2.24) is 19.9 Å². The van der Waals surface area contributed by atoms with Gasteiger partial charge in [0.15, 0.2) is 11.5 Å². The molecule has 9 nitrogen and oxygen atoms in total. The lowest BCUT2D eigenvalue weighted by molar-refractivity contribution is 0.354. The Kier molecular flexibility index (Phi) is 6.04. The molecule has 2 aromatic heterocycles. The molecule has 10 heteroatoms. The van der Waals surface area contributed by atoms with Crippen LogP contribution < -0.4 is 26.0 Å². The highest BCUT2D eigenvalue weighted by molar-refractivity contribution is 6.31. The van der Waals surface area contributed by atoms with Crippen molar-refractivity contribution in [2.75, 3.05) is 20.8 Å². The first-order chi connectivity index (χ1) is 16.9. The molecule has 3 heterocycles. The molecule has 182 valence electrons. The largest absolute Gasteiger partial charge is 0.494 e. The number of halogens is 1. The summed E-state index contributed by atoms with van der Waals surface area (Å²) < 4.78 is 11.8. The number of aromatic hydroxyl groups is 1. The summed E-state index contributed by atoms with van der Waals surface area (Å²) in [5.41, 5.74) is 2.38. The number of H-pyrrole nitrogens is 2. The average molecular weight is 497 g/mol. The first-order valence-corrected chi connectivity index (χ1v) is 11.6. The maximum atomic E-state index is 12.9. The molecule has 1 atom stereocenters. The summed E-state index contributed by atoms with van der Waals surface area (Å²) in [6, 6.07) is 10.4. The average Bonchev–Trinajstić information content (AvgIpc) is 3.22. The van der Waals surface area contributed by atoms with Gasteiger partial charge in [-0.05, 0) is 54.3 Å². The fourth-order valence-corrected chi connectivity index (χ4v) is 4.94. The van der Waals surface area contributed by atoms with E-state index in [2.05, 4.69) is 15.3 Å². The molecule has 35 heavy (non-hydrogen) atoms. The molecule has 0 amide bonds. The first kappa shape index (κ1) is 23.1. The van der Waals surface area contributed by atoms with Gasteiger partial charge in [-0.1, -0.05) is 17.7 Å². The Bertz CT molecular complexity index is 1540. The Labute approximate surface area is 205 Å². The molecule has 0 saturated heterocycles. The minimum Gasteiger partial charge on any atom is -0.494 e. The Morgan fingerprint density at radius 2 is 1.89 bits per heavy atom. The molecular weight excluding hydrogens is 472 g/mol. The van der Waals surface area contributed by atoms with Gasteiger partial charge >= 0.3 is 5.69 Å². The quantitative estimate of drug-likeness (QED) is 0.326. The van der Waals surface area contributed by atoms with Gasteiger partial charge < -0.3 is 24.9 Å². The predicted octanol–water partition coefficient (Wildman–Crippen LogP) is 2.87. The Morgan fingerprint density at radius 3 is 2.66 bits per heavy atom. The number of hydrogen-bond donors (Lipinski definition) is 4. The molecule has 5 rings (SSSR count). The van der Waals surface area contributed by atoms with Gasteiger partial charge in [-0.25, -0.2) is 4.79 Å². The van der Waals surface area contributed by atoms with Gasteiger partial charge in [0, 0.05) is 34.7 Å². The smallest absolute Gasteiger partial charge is 0.331 e. The van der Waals surface area contributed by atoms with Crippen molar-refractivity contribution in [3.05, 3.63) is 84.6 Å². The number of methoxy groups -OCH3 is 2. The van der Waals surface area contributed by atoms with Crippen LogP contribution in [0.15, 0.2) is 46.0 Å². The number of aromatic amines is 2. The van der Waals surface area contributed by atoms with E-state index in [1.807, 2.05) is 24.3 Å². The second-order valence-corrected chi connectivity index (χ2v) is 8.87. The Morgan fingerprint density at radius 1 is 1.09 bits per heavy atom. The van der Waals surface area contributed by atoms with E-state index >= 15 is 0 Å².